The number of carbonyl (C=O) groups excluding carboxylic acids is 1. The molecule has 6 heteroatoms. The third-order valence-corrected chi connectivity index (χ3v) is 14.7. The van der Waals surface area contributed by atoms with Crippen LogP contribution in [0.15, 0.2) is 103 Å². The highest BCUT2D eigenvalue weighted by molar-refractivity contribution is 7.19. The highest BCUT2D eigenvalue weighted by Crippen LogP contribution is 2.45. The lowest BCUT2D eigenvalue weighted by molar-refractivity contribution is -0.141. The number of aliphatic hydroxyl groups excluding tert-OH is 1. The summed E-state index contributed by atoms with van der Waals surface area (Å²) >= 11 is 1.75. The zero-order valence-electron chi connectivity index (χ0n) is 23.2. The Labute approximate surface area is 241 Å². The minimum atomic E-state index is -2.86. The molecule has 6 rings (SSSR count). The first-order valence-electron chi connectivity index (χ1n) is 14.1. The summed E-state index contributed by atoms with van der Waals surface area (Å²) in [6.07, 6.45) is 4.04. The lowest BCUT2D eigenvalue weighted by atomic mass is 9.91. The first-order chi connectivity index (χ1) is 19.3. The molecule has 206 valence electrons. The Hall–Kier alpha value is -3.03. The molecule has 0 amide bonds. The number of benzene rings is 3. The van der Waals surface area contributed by atoms with Gasteiger partial charge in [-0.1, -0.05) is 112 Å². The van der Waals surface area contributed by atoms with Crippen LogP contribution in [-0.4, -0.2) is 31.6 Å². The van der Waals surface area contributed by atoms with Crippen LogP contribution in [-0.2, 0) is 14.0 Å². The quantitative estimate of drug-likeness (QED) is 0.160. The Morgan fingerprint density at radius 3 is 2.23 bits per heavy atom. The number of carbonyl (C=O) groups is 1. The Kier molecular flexibility index (Phi) is 7.30. The maximum Gasteiger partial charge on any atom is 0.306 e. The summed E-state index contributed by atoms with van der Waals surface area (Å²) in [5.74, 6) is -0.296. The van der Waals surface area contributed by atoms with Crippen LogP contribution in [0.2, 0.25) is 5.04 Å². The molecule has 2 heterocycles. The van der Waals surface area contributed by atoms with E-state index in [0.717, 1.165) is 4.88 Å². The van der Waals surface area contributed by atoms with E-state index >= 15 is 0 Å². The smallest absolute Gasteiger partial charge is 0.306 e. The van der Waals surface area contributed by atoms with Crippen LogP contribution in [0.4, 0.5) is 0 Å². The molecule has 0 bridgehead atoms. The van der Waals surface area contributed by atoms with E-state index in [-0.39, 0.29) is 35.1 Å². The summed E-state index contributed by atoms with van der Waals surface area (Å²) in [7, 11) is -2.86. The van der Waals surface area contributed by atoms with Crippen molar-refractivity contribution in [2.75, 3.05) is 0 Å². The molecule has 0 spiro atoms. The lowest BCUT2D eigenvalue weighted by Crippen LogP contribution is -2.66. The average Bonchev–Trinajstić information content (AvgIpc) is 3.61. The number of hydrogen-bond donors (Lipinski definition) is 1. The fraction of sp³-hybridized carbons (Fsp3) is 0.324. The van der Waals surface area contributed by atoms with Crippen LogP contribution in [0.5, 0.6) is 0 Å². The lowest BCUT2D eigenvalue weighted by Gasteiger charge is -2.44. The van der Waals surface area contributed by atoms with Crippen LogP contribution < -0.4 is 10.4 Å². The average molecular weight is 569 g/mol. The van der Waals surface area contributed by atoms with Gasteiger partial charge in [0.1, 0.15) is 6.10 Å². The molecular formula is C34H36O4SSi. The summed E-state index contributed by atoms with van der Waals surface area (Å²) in [6, 6.07) is 32.0. The third-order valence-electron chi connectivity index (χ3n) is 8.53. The summed E-state index contributed by atoms with van der Waals surface area (Å²) in [6.45, 7) is 6.87. The number of rotatable bonds is 7. The number of fused-ring (bicyclic) bond motifs is 2. The summed E-state index contributed by atoms with van der Waals surface area (Å²) in [4.78, 5) is 13.2. The Balaban J connectivity index is 1.48. The van der Waals surface area contributed by atoms with E-state index in [9.17, 15) is 9.90 Å². The maximum absolute atomic E-state index is 12.0. The molecule has 2 aliphatic rings. The highest BCUT2D eigenvalue weighted by Gasteiger charge is 2.52. The molecule has 5 atom stereocenters. The van der Waals surface area contributed by atoms with Crippen LogP contribution in [0.1, 0.15) is 44.6 Å². The number of thiophene rings is 1. The summed E-state index contributed by atoms with van der Waals surface area (Å²) in [5, 5.41) is 14.4. The van der Waals surface area contributed by atoms with Crippen LogP contribution in [0.3, 0.4) is 0 Å². The van der Waals surface area contributed by atoms with Crippen LogP contribution in [0.25, 0.3) is 10.1 Å². The van der Waals surface area contributed by atoms with E-state index in [1.165, 1.54) is 20.5 Å². The SMILES string of the molecule is CC(C)(C)[Si](O[C@H](/C=C/[C@@H]1[C@H]2CC(=O)O[C@H]2C[C@H]1O)c1cc2ccccc2s1)(c1ccccc1)c1ccccc1. The number of ether oxygens (including phenoxy) is 1. The van der Waals surface area contributed by atoms with Gasteiger partial charge in [0.05, 0.1) is 18.6 Å². The van der Waals surface area contributed by atoms with Crippen molar-refractivity contribution >= 4 is 46.1 Å². The van der Waals surface area contributed by atoms with Crippen molar-refractivity contribution in [3.8, 4) is 0 Å². The van der Waals surface area contributed by atoms with Gasteiger partial charge < -0.3 is 14.3 Å². The van der Waals surface area contributed by atoms with E-state index in [4.69, 9.17) is 9.16 Å². The van der Waals surface area contributed by atoms with Crippen molar-refractivity contribution in [3.63, 3.8) is 0 Å². The fourth-order valence-electron chi connectivity index (χ4n) is 6.63. The van der Waals surface area contributed by atoms with Gasteiger partial charge in [-0.25, -0.2) is 0 Å². The monoisotopic (exact) mass is 568 g/mol. The molecule has 2 fully saturated rings. The molecule has 1 aromatic heterocycles. The second-order valence-corrected chi connectivity index (χ2v) is 17.4. The minimum absolute atomic E-state index is 0.00896. The Bertz CT molecular complexity index is 1430. The van der Waals surface area contributed by atoms with Gasteiger partial charge in [-0.05, 0) is 32.9 Å². The molecular weight excluding hydrogens is 533 g/mol. The van der Waals surface area contributed by atoms with Crippen molar-refractivity contribution in [3.05, 3.63) is 108 Å². The zero-order valence-corrected chi connectivity index (χ0v) is 25.0. The minimum Gasteiger partial charge on any atom is -0.462 e. The second kappa shape index (κ2) is 10.7. The molecule has 1 N–H and O–H groups in total. The van der Waals surface area contributed by atoms with E-state index in [1.54, 1.807) is 11.3 Å². The normalized spacial score (nSPS) is 23.9. The van der Waals surface area contributed by atoms with Gasteiger partial charge in [0, 0.05) is 27.8 Å². The van der Waals surface area contributed by atoms with Gasteiger partial charge in [-0.2, -0.15) is 0 Å². The first-order valence-corrected chi connectivity index (χ1v) is 16.8. The molecule has 3 aromatic carbocycles. The Morgan fingerprint density at radius 2 is 1.60 bits per heavy atom. The molecule has 1 saturated carbocycles. The highest BCUT2D eigenvalue weighted by atomic mass is 32.1. The fourth-order valence-corrected chi connectivity index (χ4v) is 12.4. The maximum atomic E-state index is 12.0. The van der Waals surface area contributed by atoms with Crippen LogP contribution in [0, 0.1) is 11.8 Å². The third kappa shape index (κ3) is 4.88. The van der Waals surface area contributed by atoms with Crippen molar-refractivity contribution in [2.24, 2.45) is 11.8 Å². The second-order valence-electron chi connectivity index (χ2n) is 12.0. The Morgan fingerprint density at radius 1 is 0.975 bits per heavy atom. The van der Waals surface area contributed by atoms with Gasteiger partial charge in [0.25, 0.3) is 8.32 Å². The molecule has 40 heavy (non-hydrogen) atoms. The molecule has 0 unspecified atom stereocenters. The van der Waals surface area contributed by atoms with Gasteiger partial charge in [0.15, 0.2) is 0 Å². The van der Waals surface area contributed by atoms with Gasteiger partial charge in [0.2, 0.25) is 0 Å². The van der Waals surface area contributed by atoms with Gasteiger partial charge >= 0.3 is 5.97 Å². The van der Waals surface area contributed by atoms with Crippen LogP contribution >= 0.6 is 11.3 Å². The zero-order chi connectivity index (χ0) is 27.9. The van der Waals surface area contributed by atoms with Gasteiger partial charge in [-0.15, -0.1) is 11.3 Å². The molecule has 1 aliphatic carbocycles. The van der Waals surface area contributed by atoms with E-state index in [2.05, 4.69) is 124 Å². The molecule has 1 aliphatic heterocycles. The predicted octanol–water partition coefficient (Wildman–Crippen LogP) is 6.39. The van der Waals surface area contributed by atoms with Gasteiger partial charge in [-0.3, -0.25) is 4.79 Å². The predicted molar refractivity (Wildman–Crippen MR) is 165 cm³/mol. The van der Waals surface area contributed by atoms with Crippen molar-refractivity contribution in [1.29, 1.82) is 0 Å². The topological polar surface area (TPSA) is 55.8 Å². The molecule has 0 radical (unpaired) electrons. The van der Waals surface area contributed by atoms with Crippen molar-refractivity contribution in [1.82, 2.24) is 0 Å². The standard InChI is InChI=1S/C34H36O4SSi/c1-34(2,3)40(24-13-6-4-7-14-24,25-15-8-5-9-16-25)38-29(32-20-23-12-10-11-17-31(23)39-32)19-18-26-27-21-33(36)37-30(27)22-28(26)35/h4-20,26-30,35H,21-22H2,1-3H3/b19-18+/t26-,27-,28-,29-,30+/m1/s1. The molecule has 4 nitrogen and oxygen atoms in total. The number of hydrogen-bond acceptors (Lipinski definition) is 5. The largest absolute Gasteiger partial charge is 0.462 e. The molecule has 4 aromatic rings. The van der Waals surface area contributed by atoms with Crippen molar-refractivity contribution < 1.29 is 19.1 Å². The molecule has 1 saturated heterocycles. The number of esters is 1. The summed E-state index contributed by atoms with van der Waals surface area (Å²) in [5.41, 5.74) is 0. The summed E-state index contributed by atoms with van der Waals surface area (Å²) < 4.78 is 14.3. The van der Waals surface area contributed by atoms with Crippen molar-refractivity contribution in [2.45, 2.75) is 57.0 Å². The van der Waals surface area contributed by atoms with E-state index < -0.39 is 14.4 Å². The van der Waals surface area contributed by atoms with E-state index in [1.807, 2.05) is 0 Å². The first kappa shape index (κ1) is 27.2. The van der Waals surface area contributed by atoms with E-state index in [0.29, 0.717) is 12.8 Å². The number of aliphatic hydroxyl groups is 1.